The number of ether oxygens (including phenoxy) is 1. The van der Waals surface area contributed by atoms with E-state index in [2.05, 4.69) is 6.55 Å². The van der Waals surface area contributed by atoms with E-state index in [-0.39, 0.29) is 14.7 Å². The van der Waals surface area contributed by atoms with Crippen molar-refractivity contribution in [2.75, 3.05) is 6.61 Å². The van der Waals surface area contributed by atoms with Crippen LogP contribution < -0.4 is 0 Å². The van der Waals surface area contributed by atoms with Gasteiger partial charge in [0.2, 0.25) is 0 Å². The van der Waals surface area contributed by atoms with Crippen LogP contribution in [0.1, 0.15) is 26.2 Å². The summed E-state index contributed by atoms with van der Waals surface area (Å²) >= 11 is 0. The summed E-state index contributed by atoms with van der Waals surface area (Å²) in [5.41, 5.74) is 1.01. The van der Waals surface area contributed by atoms with Crippen LogP contribution in [-0.4, -0.2) is 21.4 Å². The maximum atomic E-state index is 5.84. The summed E-state index contributed by atoms with van der Waals surface area (Å²) < 4.78 is 5.78. The molecule has 1 rings (SSSR count). The van der Waals surface area contributed by atoms with Gasteiger partial charge in [-0.25, -0.2) is 0 Å². The lowest BCUT2D eigenvalue weighted by Gasteiger charge is -2.37. The van der Waals surface area contributed by atoms with Crippen molar-refractivity contribution in [3.8, 4) is 0 Å². The molecule has 0 aromatic heterocycles. The van der Waals surface area contributed by atoms with E-state index in [0.717, 1.165) is 18.6 Å². The van der Waals surface area contributed by atoms with Crippen LogP contribution in [0.3, 0.4) is 0 Å². The van der Waals surface area contributed by atoms with Gasteiger partial charge < -0.3 is 4.74 Å². The van der Waals surface area contributed by atoms with Crippen molar-refractivity contribution in [1.29, 1.82) is 0 Å². The van der Waals surface area contributed by atoms with E-state index >= 15 is 0 Å². The van der Waals surface area contributed by atoms with Crippen molar-refractivity contribution < 1.29 is 4.74 Å². The topological polar surface area (TPSA) is 9.23 Å². The zero-order valence-electron chi connectivity index (χ0n) is 7.52. The lowest BCUT2D eigenvalue weighted by molar-refractivity contribution is 0.00529. The molecule has 63 valence electrons. The Hall–Kier alpha value is -0.0831. The molecule has 0 aromatic carbocycles. The monoisotopic (exact) mass is 169 g/mol. The Morgan fingerprint density at radius 3 is 2.55 bits per heavy atom. The molecule has 0 saturated carbocycles. The number of hydrogen-bond acceptors (Lipinski definition) is 1. The minimum absolute atomic E-state index is 0.0538. The summed E-state index contributed by atoms with van der Waals surface area (Å²) in [5, 5.41) is 0.0538. The molecule has 0 amide bonds. The highest BCUT2D eigenvalue weighted by atomic mass is 28.2. The lowest BCUT2D eigenvalue weighted by atomic mass is 10.0. The first-order chi connectivity index (χ1) is 5.21. The highest BCUT2D eigenvalue weighted by Gasteiger charge is 2.31. The molecule has 0 N–H and O–H groups in total. The predicted molar refractivity (Wildman–Crippen MR) is 50.4 cm³/mol. The highest BCUT2D eigenvalue weighted by molar-refractivity contribution is 6.39. The average molecular weight is 169 g/mol. The van der Waals surface area contributed by atoms with Gasteiger partial charge in [-0.3, -0.25) is 0 Å². The van der Waals surface area contributed by atoms with Gasteiger partial charge in [0, 0.05) is 6.61 Å². The Morgan fingerprint density at radius 1 is 1.55 bits per heavy atom. The van der Waals surface area contributed by atoms with Gasteiger partial charge in [0.1, 0.15) is 0 Å². The first-order valence-corrected chi connectivity index (χ1v) is 6.57. The Labute approximate surface area is 71.7 Å². The van der Waals surface area contributed by atoms with Crippen LogP contribution in [-0.2, 0) is 4.74 Å². The molecular formula is C9H17OSi. The van der Waals surface area contributed by atoms with E-state index in [1.807, 2.05) is 6.92 Å². The summed E-state index contributed by atoms with van der Waals surface area (Å²) in [5.74, 6) is 0. The second kappa shape index (κ2) is 3.54. The fourth-order valence-corrected chi connectivity index (χ4v) is 3.23. The maximum absolute atomic E-state index is 5.84. The van der Waals surface area contributed by atoms with E-state index in [4.69, 9.17) is 11.3 Å². The van der Waals surface area contributed by atoms with Crippen LogP contribution in [0.25, 0.3) is 0 Å². The van der Waals surface area contributed by atoms with E-state index in [0.29, 0.717) is 0 Å². The third kappa shape index (κ3) is 1.74. The van der Waals surface area contributed by atoms with E-state index < -0.39 is 0 Å². The smallest absolute Gasteiger partial charge is 0.0716 e. The summed E-state index contributed by atoms with van der Waals surface area (Å²) in [6, 6.07) is 0. The quantitative estimate of drug-likeness (QED) is 0.569. The predicted octanol–water partition coefficient (Wildman–Crippen LogP) is 1.48. The molecule has 1 atom stereocenters. The fourth-order valence-electron chi connectivity index (χ4n) is 1.72. The molecular weight excluding hydrogens is 152 g/mol. The molecule has 1 heterocycles. The van der Waals surface area contributed by atoms with Gasteiger partial charge >= 0.3 is 0 Å². The molecule has 1 nitrogen and oxygen atoms in total. The average Bonchev–Trinajstić information content (AvgIpc) is 2.05. The molecule has 0 spiro atoms. The summed E-state index contributed by atoms with van der Waals surface area (Å²) in [7, 11) is -0.170. The molecule has 1 aliphatic rings. The van der Waals surface area contributed by atoms with Crippen molar-refractivity contribution in [3.05, 3.63) is 12.2 Å². The Balaban J connectivity index is 2.64. The Kier molecular flexibility index (Phi) is 2.90. The Bertz CT molecular complexity index is 148. The highest BCUT2D eigenvalue weighted by Crippen LogP contribution is 2.29. The van der Waals surface area contributed by atoms with Crippen LogP contribution in [0.4, 0.5) is 0 Å². The minimum Gasteiger partial charge on any atom is -0.375 e. The Morgan fingerprint density at radius 2 is 2.27 bits per heavy atom. The van der Waals surface area contributed by atoms with Gasteiger partial charge in [-0.15, -0.1) is 0 Å². The van der Waals surface area contributed by atoms with Gasteiger partial charge in [-0.1, -0.05) is 13.1 Å². The van der Waals surface area contributed by atoms with Crippen LogP contribution in [0, 0.1) is 6.58 Å². The zero-order valence-corrected chi connectivity index (χ0v) is 8.94. The molecule has 2 heteroatoms. The van der Waals surface area contributed by atoms with Crippen LogP contribution in [0.2, 0.25) is 6.55 Å². The summed E-state index contributed by atoms with van der Waals surface area (Å²) in [4.78, 5) is 0. The molecule has 1 aliphatic heterocycles. The van der Waals surface area contributed by atoms with Gasteiger partial charge in [0.15, 0.2) is 0 Å². The summed E-state index contributed by atoms with van der Waals surface area (Å²) in [6.45, 7) is 11.0. The van der Waals surface area contributed by atoms with Crippen molar-refractivity contribution in [1.82, 2.24) is 0 Å². The van der Waals surface area contributed by atoms with Gasteiger partial charge in [0.05, 0.1) is 14.7 Å². The van der Waals surface area contributed by atoms with Crippen molar-refractivity contribution in [2.24, 2.45) is 0 Å². The molecule has 0 aromatic rings. The fraction of sp³-hybridized carbons (Fsp3) is 0.778. The van der Waals surface area contributed by atoms with Crippen molar-refractivity contribution in [3.63, 3.8) is 0 Å². The second-order valence-corrected chi connectivity index (χ2v) is 5.19. The SMILES string of the molecule is [CH]=C(C)C1([SiH2]C)CCCCO1. The maximum Gasteiger partial charge on any atom is 0.0716 e. The normalized spacial score (nSPS) is 32.9. The zero-order chi connectivity index (χ0) is 8.32. The number of rotatable bonds is 2. The molecule has 1 fully saturated rings. The minimum atomic E-state index is -0.170. The third-order valence-electron chi connectivity index (χ3n) is 2.64. The van der Waals surface area contributed by atoms with E-state index in [9.17, 15) is 0 Å². The molecule has 1 radical (unpaired) electrons. The van der Waals surface area contributed by atoms with Crippen LogP contribution >= 0.6 is 0 Å². The number of hydrogen-bond donors (Lipinski definition) is 0. The first kappa shape index (κ1) is 9.01. The standard InChI is InChI=1S/C9H17OSi/c1-8(2)9(11-3)6-4-5-7-10-9/h1H,4-7,11H2,2-3H3. The van der Waals surface area contributed by atoms with E-state index in [1.54, 1.807) is 0 Å². The van der Waals surface area contributed by atoms with E-state index in [1.165, 1.54) is 12.8 Å². The van der Waals surface area contributed by atoms with Crippen molar-refractivity contribution >= 4 is 9.52 Å². The van der Waals surface area contributed by atoms with Gasteiger partial charge in [-0.05, 0) is 31.8 Å². The molecule has 1 unspecified atom stereocenters. The molecule has 0 bridgehead atoms. The van der Waals surface area contributed by atoms with Gasteiger partial charge in [-0.2, -0.15) is 0 Å². The van der Waals surface area contributed by atoms with Crippen LogP contribution in [0.5, 0.6) is 0 Å². The largest absolute Gasteiger partial charge is 0.375 e. The third-order valence-corrected chi connectivity index (χ3v) is 4.90. The van der Waals surface area contributed by atoms with Gasteiger partial charge in [0.25, 0.3) is 0 Å². The molecule has 1 saturated heterocycles. The molecule has 11 heavy (non-hydrogen) atoms. The van der Waals surface area contributed by atoms with Crippen molar-refractivity contribution in [2.45, 2.75) is 38.0 Å². The molecule has 0 aliphatic carbocycles. The second-order valence-electron chi connectivity index (χ2n) is 3.34. The first-order valence-electron chi connectivity index (χ1n) is 4.45. The lowest BCUT2D eigenvalue weighted by Crippen LogP contribution is -2.41. The van der Waals surface area contributed by atoms with Crippen LogP contribution in [0.15, 0.2) is 5.57 Å². The summed E-state index contributed by atoms with van der Waals surface area (Å²) in [6.07, 6.45) is 3.66.